The maximum atomic E-state index is 11.8. The highest BCUT2D eigenvalue weighted by Gasteiger charge is 2.14. The van der Waals surface area contributed by atoms with E-state index < -0.39 is 0 Å². The van der Waals surface area contributed by atoms with Gasteiger partial charge < -0.3 is 10.1 Å². The number of nitrogens with one attached hydrogen (secondary N) is 1. The van der Waals surface area contributed by atoms with Gasteiger partial charge in [-0.2, -0.15) is 0 Å². The third-order valence-electron chi connectivity index (χ3n) is 3.65. The second-order valence-corrected chi connectivity index (χ2v) is 8.18. The van der Waals surface area contributed by atoms with Crippen LogP contribution in [-0.2, 0) is 4.79 Å². The lowest BCUT2D eigenvalue weighted by molar-refractivity contribution is -0.118. The van der Waals surface area contributed by atoms with Crippen LogP contribution in [0.4, 0.5) is 5.13 Å². The first-order valence-electron chi connectivity index (χ1n) is 8.68. The van der Waals surface area contributed by atoms with Crippen molar-refractivity contribution in [1.82, 2.24) is 10.2 Å². The van der Waals surface area contributed by atoms with E-state index in [0.29, 0.717) is 11.7 Å². The number of ether oxygens (including phenoxy) is 1. The zero-order valence-corrected chi connectivity index (χ0v) is 16.8. The lowest BCUT2D eigenvalue weighted by Gasteiger charge is -2.08. The molecule has 5 nitrogen and oxygen atoms in total. The molecule has 2 aromatic carbocycles. The smallest absolute Gasteiger partial charge is 0.228 e. The summed E-state index contributed by atoms with van der Waals surface area (Å²) in [5, 5.41) is 12.5. The van der Waals surface area contributed by atoms with Crippen LogP contribution in [0, 0.1) is 5.92 Å². The molecule has 1 aromatic heterocycles. The van der Waals surface area contributed by atoms with Crippen LogP contribution in [0.5, 0.6) is 5.75 Å². The van der Waals surface area contributed by atoms with Crippen LogP contribution in [0.2, 0.25) is 0 Å². The average Bonchev–Trinajstić information content (AvgIpc) is 3.14. The van der Waals surface area contributed by atoms with Crippen molar-refractivity contribution in [2.45, 2.75) is 18.7 Å². The Labute approximate surface area is 167 Å². The molecule has 1 amide bonds. The molecule has 0 radical (unpaired) electrons. The number of anilines is 1. The monoisotopic (exact) mass is 399 g/mol. The molecule has 0 spiro atoms. The Kier molecular flexibility index (Phi) is 6.84. The van der Waals surface area contributed by atoms with Crippen molar-refractivity contribution in [3.8, 4) is 16.3 Å². The van der Waals surface area contributed by atoms with Crippen molar-refractivity contribution in [3.63, 3.8) is 0 Å². The first-order chi connectivity index (χ1) is 13.1. The molecular weight excluding hydrogens is 378 g/mol. The normalized spacial score (nSPS) is 10.8. The van der Waals surface area contributed by atoms with E-state index in [4.69, 9.17) is 4.74 Å². The molecule has 0 aliphatic carbocycles. The van der Waals surface area contributed by atoms with Crippen LogP contribution in [0.1, 0.15) is 13.8 Å². The van der Waals surface area contributed by atoms with E-state index >= 15 is 0 Å². The third-order valence-corrected chi connectivity index (χ3v) is 5.56. The average molecular weight is 400 g/mol. The maximum absolute atomic E-state index is 11.8. The largest absolute Gasteiger partial charge is 0.493 e. The van der Waals surface area contributed by atoms with Crippen molar-refractivity contribution in [1.29, 1.82) is 0 Å². The number of benzene rings is 2. The third kappa shape index (κ3) is 5.55. The number of carbonyl (C=O) groups is 1. The molecule has 3 aromatic rings. The SMILES string of the molecule is CC(C)C(=O)Nc1nnc(-c2ccccc2SCCOc2ccccc2)s1. The van der Waals surface area contributed by atoms with Crippen molar-refractivity contribution in [2.24, 2.45) is 5.92 Å². The van der Waals surface area contributed by atoms with Crippen molar-refractivity contribution < 1.29 is 9.53 Å². The zero-order chi connectivity index (χ0) is 19.1. The Bertz CT molecular complexity index is 882. The number of carbonyl (C=O) groups excluding carboxylic acids is 1. The molecule has 3 rings (SSSR count). The van der Waals surface area contributed by atoms with Crippen molar-refractivity contribution in [3.05, 3.63) is 54.6 Å². The predicted molar refractivity (Wildman–Crippen MR) is 111 cm³/mol. The molecule has 0 unspecified atom stereocenters. The zero-order valence-electron chi connectivity index (χ0n) is 15.2. The maximum Gasteiger partial charge on any atom is 0.228 e. The fourth-order valence-electron chi connectivity index (χ4n) is 2.23. The summed E-state index contributed by atoms with van der Waals surface area (Å²) in [6, 6.07) is 17.9. The number of nitrogens with zero attached hydrogens (tertiary/aromatic N) is 2. The molecule has 1 N–H and O–H groups in total. The Morgan fingerprint density at radius 2 is 1.85 bits per heavy atom. The first kappa shape index (κ1) is 19.4. The summed E-state index contributed by atoms with van der Waals surface area (Å²) in [6.45, 7) is 4.32. The lowest BCUT2D eigenvalue weighted by Crippen LogP contribution is -2.17. The van der Waals surface area contributed by atoms with Gasteiger partial charge in [0.1, 0.15) is 5.75 Å². The molecule has 7 heteroatoms. The van der Waals surface area contributed by atoms with Gasteiger partial charge in [0, 0.05) is 22.1 Å². The van der Waals surface area contributed by atoms with Gasteiger partial charge in [0.2, 0.25) is 11.0 Å². The number of amides is 1. The summed E-state index contributed by atoms with van der Waals surface area (Å²) in [5.74, 6) is 1.55. The van der Waals surface area contributed by atoms with Gasteiger partial charge in [-0.1, -0.05) is 61.6 Å². The number of rotatable bonds is 8. The van der Waals surface area contributed by atoms with Gasteiger partial charge >= 0.3 is 0 Å². The lowest BCUT2D eigenvalue weighted by atomic mass is 10.2. The Balaban J connectivity index is 1.62. The highest BCUT2D eigenvalue weighted by Crippen LogP contribution is 2.34. The Morgan fingerprint density at radius 3 is 2.63 bits per heavy atom. The van der Waals surface area contributed by atoms with E-state index in [1.807, 2.05) is 62.4 Å². The Hall–Kier alpha value is -2.38. The standard InChI is InChI=1S/C20H21N3O2S2/c1-14(2)18(24)21-20-23-22-19(27-20)16-10-6-7-11-17(16)26-13-12-25-15-8-4-3-5-9-15/h3-11,14H,12-13H2,1-2H3,(H,21,23,24). The first-order valence-corrected chi connectivity index (χ1v) is 10.5. The molecule has 0 atom stereocenters. The minimum Gasteiger partial charge on any atom is -0.493 e. The van der Waals surface area contributed by atoms with Crippen LogP contribution in [0.3, 0.4) is 0 Å². The molecule has 0 aliphatic rings. The molecule has 27 heavy (non-hydrogen) atoms. The van der Waals surface area contributed by atoms with E-state index in [1.165, 1.54) is 11.3 Å². The minimum absolute atomic E-state index is 0.0570. The number of hydrogen-bond donors (Lipinski definition) is 1. The molecule has 0 aliphatic heterocycles. The van der Waals surface area contributed by atoms with Crippen LogP contribution in [0.25, 0.3) is 10.6 Å². The number of para-hydroxylation sites is 1. The van der Waals surface area contributed by atoms with E-state index in [0.717, 1.165) is 27.0 Å². The van der Waals surface area contributed by atoms with E-state index in [1.54, 1.807) is 11.8 Å². The van der Waals surface area contributed by atoms with Gasteiger partial charge in [0.05, 0.1) is 6.61 Å². The number of aromatic nitrogens is 2. The van der Waals surface area contributed by atoms with E-state index in [2.05, 4.69) is 21.6 Å². The van der Waals surface area contributed by atoms with Crippen molar-refractivity contribution in [2.75, 3.05) is 17.7 Å². The number of thioether (sulfide) groups is 1. The Morgan fingerprint density at radius 1 is 1.11 bits per heavy atom. The molecule has 140 valence electrons. The van der Waals surface area contributed by atoms with Gasteiger partial charge in [-0.15, -0.1) is 22.0 Å². The van der Waals surface area contributed by atoms with Gasteiger partial charge in [-0.05, 0) is 18.2 Å². The van der Waals surface area contributed by atoms with Gasteiger partial charge in [-0.25, -0.2) is 0 Å². The highest BCUT2D eigenvalue weighted by molar-refractivity contribution is 7.99. The summed E-state index contributed by atoms with van der Waals surface area (Å²) in [7, 11) is 0. The summed E-state index contributed by atoms with van der Waals surface area (Å²) in [4.78, 5) is 12.9. The topological polar surface area (TPSA) is 64.1 Å². The van der Waals surface area contributed by atoms with Crippen molar-refractivity contribution >= 4 is 34.1 Å². The van der Waals surface area contributed by atoms with Crippen LogP contribution in [0.15, 0.2) is 59.5 Å². The quantitative estimate of drug-likeness (QED) is 0.428. The molecule has 0 saturated carbocycles. The second kappa shape index (κ2) is 9.53. The highest BCUT2D eigenvalue weighted by atomic mass is 32.2. The van der Waals surface area contributed by atoms with Crippen LogP contribution >= 0.6 is 23.1 Å². The van der Waals surface area contributed by atoms with Gasteiger partial charge in [-0.3, -0.25) is 4.79 Å². The minimum atomic E-state index is -0.0928. The summed E-state index contributed by atoms with van der Waals surface area (Å²) in [5.41, 5.74) is 1.02. The fraction of sp³-hybridized carbons (Fsp3) is 0.250. The molecule has 0 fully saturated rings. The molecule has 0 bridgehead atoms. The molecule has 0 saturated heterocycles. The summed E-state index contributed by atoms with van der Waals surface area (Å²) < 4.78 is 5.75. The molecule has 1 heterocycles. The predicted octanol–water partition coefficient (Wildman–Crippen LogP) is 4.97. The van der Waals surface area contributed by atoms with Gasteiger partial charge in [0.15, 0.2) is 5.01 Å². The van der Waals surface area contributed by atoms with Gasteiger partial charge in [0.25, 0.3) is 0 Å². The van der Waals surface area contributed by atoms with Crippen LogP contribution < -0.4 is 10.1 Å². The second-order valence-electron chi connectivity index (χ2n) is 6.06. The van der Waals surface area contributed by atoms with E-state index in [9.17, 15) is 4.79 Å². The fourth-order valence-corrected chi connectivity index (χ4v) is 3.96. The molecular formula is C20H21N3O2S2. The summed E-state index contributed by atoms with van der Waals surface area (Å²) >= 11 is 3.10. The van der Waals surface area contributed by atoms with E-state index in [-0.39, 0.29) is 11.8 Å². The summed E-state index contributed by atoms with van der Waals surface area (Å²) in [6.07, 6.45) is 0. The van der Waals surface area contributed by atoms with Crippen LogP contribution in [-0.4, -0.2) is 28.5 Å². The number of hydrogen-bond acceptors (Lipinski definition) is 6.